The van der Waals surface area contributed by atoms with E-state index in [9.17, 15) is 4.79 Å². The first kappa shape index (κ1) is 19.4. The normalized spacial score (nSPS) is 9.54. The van der Waals surface area contributed by atoms with Crippen molar-refractivity contribution in [1.29, 1.82) is 5.41 Å². The van der Waals surface area contributed by atoms with E-state index >= 15 is 0 Å². The van der Waals surface area contributed by atoms with Crippen LogP contribution in [0.4, 0.5) is 0 Å². The molecule has 0 saturated heterocycles. The third kappa shape index (κ3) is 4.69. The summed E-state index contributed by atoms with van der Waals surface area (Å²) in [4.78, 5) is 11.9. The predicted molar refractivity (Wildman–Crippen MR) is 98.3 cm³/mol. The number of aryl methyl sites for hydroxylation is 2. The number of methoxy groups -OCH3 is 2. The Morgan fingerprint density at radius 2 is 1.71 bits per heavy atom. The molecule has 0 amide bonds. The van der Waals surface area contributed by atoms with Gasteiger partial charge in [0.15, 0.2) is 0 Å². The zero-order chi connectivity index (χ0) is 18.1. The minimum absolute atomic E-state index is 0.293. The Labute approximate surface area is 143 Å². The molecule has 4 heteroatoms. The number of nitrogens with one attached hydrogen (secondary N) is 1. The van der Waals surface area contributed by atoms with Crippen molar-refractivity contribution in [3.63, 3.8) is 0 Å². The Bertz CT molecular complexity index is 708. The quantitative estimate of drug-likeness (QED) is 0.655. The van der Waals surface area contributed by atoms with Crippen molar-refractivity contribution in [1.82, 2.24) is 0 Å². The summed E-state index contributed by atoms with van der Waals surface area (Å²) in [6.07, 6.45) is 2.05. The van der Waals surface area contributed by atoms with E-state index in [0.29, 0.717) is 5.56 Å². The second-order valence-corrected chi connectivity index (χ2v) is 5.19. The van der Waals surface area contributed by atoms with Gasteiger partial charge in [0.05, 0.1) is 19.8 Å². The zero-order valence-electron chi connectivity index (χ0n) is 15.0. The summed E-state index contributed by atoms with van der Waals surface area (Å²) < 4.78 is 10.1. The van der Waals surface area contributed by atoms with Crippen LogP contribution in [-0.2, 0) is 11.2 Å². The lowest BCUT2D eigenvalue weighted by atomic mass is 9.97. The molecule has 0 bridgehead atoms. The number of hydrogen-bond acceptors (Lipinski definition) is 4. The molecule has 0 aliphatic rings. The third-order valence-electron chi connectivity index (χ3n) is 3.62. The van der Waals surface area contributed by atoms with E-state index in [0.717, 1.165) is 34.4 Å². The molecule has 0 saturated carbocycles. The first-order valence-corrected chi connectivity index (χ1v) is 7.83. The fourth-order valence-electron chi connectivity index (χ4n) is 2.42. The van der Waals surface area contributed by atoms with E-state index in [1.807, 2.05) is 44.2 Å². The lowest BCUT2D eigenvalue weighted by Gasteiger charge is -2.11. The third-order valence-corrected chi connectivity index (χ3v) is 3.62. The Balaban J connectivity index is 0.000000891. The summed E-state index contributed by atoms with van der Waals surface area (Å²) in [5, 5.41) is 6.08. The van der Waals surface area contributed by atoms with Crippen molar-refractivity contribution in [3.05, 3.63) is 53.1 Å². The van der Waals surface area contributed by atoms with Crippen LogP contribution in [0.2, 0.25) is 0 Å². The van der Waals surface area contributed by atoms with Crippen molar-refractivity contribution in [2.75, 3.05) is 14.2 Å². The maximum absolute atomic E-state index is 11.9. The number of benzene rings is 2. The Kier molecular flexibility index (Phi) is 7.69. The van der Waals surface area contributed by atoms with Crippen LogP contribution in [0.25, 0.3) is 11.1 Å². The van der Waals surface area contributed by atoms with Crippen LogP contribution in [0.5, 0.6) is 5.75 Å². The SMILES string of the molecule is CC=N.CCc1ccc(-c2ccc(OC)c(C)c2)cc1C(=O)OC. The van der Waals surface area contributed by atoms with Crippen LogP contribution in [0, 0.1) is 12.3 Å². The average molecular weight is 327 g/mol. The molecule has 0 aliphatic carbocycles. The van der Waals surface area contributed by atoms with Gasteiger partial charge in [-0.25, -0.2) is 4.79 Å². The molecular weight excluding hydrogens is 302 g/mol. The number of rotatable bonds is 4. The molecule has 4 nitrogen and oxygen atoms in total. The molecule has 0 heterocycles. The second-order valence-electron chi connectivity index (χ2n) is 5.19. The monoisotopic (exact) mass is 327 g/mol. The molecule has 2 rings (SSSR count). The van der Waals surface area contributed by atoms with Gasteiger partial charge >= 0.3 is 5.97 Å². The van der Waals surface area contributed by atoms with Gasteiger partial charge in [-0.2, -0.15) is 0 Å². The van der Waals surface area contributed by atoms with E-state index in [-0.39, 0.29) is 5.97 Å². The van der Waals surface area contributed by atoms with Gasteiger partial charge in [-0.15, -0.1) is 0 Å². The summed E-state index contributed by atoms with van der Waals surface area (Å²) in [6.45, 7) is 5.70. The van der Waals surface area contributed by atoms with Gasteiger partial charge in [0.25, 0.3) is 0 Å². The van der Waals surface area contributed by atoms with Gasteiger partial charge in [0.1, 0.15) is 5.75 Å². The highest BCUT2D eigenvalue weighted by Crippen LogP contribution is 2.28. The first-order valence-electron chi connectivity index (χ1n) is 7.83. The zero-order valence-corrected chi connectivity index (χ0v) is 15.0. The minimum Gasteiger partial charge on any atom is -0.496 e. The summed E-state index contributed by atoms with van der Waals surface area (Å²) in [5.74, 6) is 0.566. The Hall–Kier alpha value is -2.62. The molecule has 0 fully saturated rings. The number of carbonyl (C=O) groups excluding carboxylic acids is 1. The van der Waals surface area contributed by atoms with Crippen LogP contribution < -0.4 is 4.74 Å². The molecule has 0 unspecified atom stereocenters. The molecule has 2 aromatic rings. The number of ether oxygens (including phenoxy) is 2. The topological polar surface area (TPSA) is 59.4 Å². The molecule has 0 atom stereocenters. The maximum atomic E-state index is 11.9. The summed E-state index contributed by atoms with van der Waals surface area (Å²) >= 11 is 0. The van der Waals surface area contributed by atoms with Gasteiger partial charge in [0.2, 0.25) is 0 Å². The Morgan fingerprint density at radius 3 is 2.21 bits per heavy atom. The predicted octanol–water partition coefficient (Wildman–Crippen LogP) is 4.68. The van der Waals surface area contributed by atoms with Crippen molar-refractivity contribution in [2.45, 2.75) is 27.2 Å². The fraction of sp³-hybridized carbons (Fsp3) is 0.300. The highest BCUT2D eigenvalue weighted by atomic mass is 16.5. The van der Waals surface area contributed by atoms with Crippen LogP contribution >= 0.6 is 0 Å². The van der Waals surface area contributed by atoms with Gasteiger partial charge in [0, 0.05) is 0 Å². The van der Waals surface area contributed by atoms with Crippen LogP contribution in [-0.4, -0.2) is 26.4 Å². The maximum Gasteiger partial charge on any atom is 0.338 e. The van der Waals surface area contributed by atoms with Crippen molar-refractivity contribution in [3.8, 4) is 16.9 Å². The van der Waals surface area contributed by atoms with Gasteiger partial charge < -0.3 is 14.9 Å². The molecule has 2 aromatic carbocycles. The van der Waals surface area contributed by atoms with Crippen LogP contribution in [0.3, 0.4) is 0 Å². The minimum atomic E-state index is -0.293. The summed E-state index contributed by atoms with van der Waals surface area (Å²) in [7, 11) is 3.07. The van der Waals surface area contributed by atoms with E-state index < -0.39 is 0 Å². The standard InChI is InChI=1S/C18H20O3.C2H5N/c1-5-13-6-7-15(11-16(13)18(19)21-4)14-8-9-17(20-3)12(2)10-14;1-2-3/h6-11H,5H2,1-4H3;2-3H,1H3. The average Bonchev–Trinajstić information content (AvgIpc) is 2.61. The summed E-state index contributed by atoms with van der Waals surface area (Å²) in [6, 6.07) is 11.9. The molecular formula is C20H25NO3. The van der Waals surface area contributed by atoms with Crippen LogP contribution in [0.15, 0.2) is 36.4 Å². The lowest BCUT2D eigenvalue weighted by Crippen LogP contribution is -2.05. The number of hydrogen-bond donors (Lipinski definition) is 1. The number of esters is 1. The van der Waals surface area contributed by atoms with Gasteiger partial charge in [-0.3, -0.25) is 0 Å². The molecule has 0 aromatic heterocycles. The molecule has 128 valence electrons. The van der Waals surface area contributed by atoms with Crippen molar-refractivity contribution in [2.24, 2.45) is 0 Å². The van der Waals surface area contributed by atoms with Crippen LogP contribution in [0.1, 0.15) is 35.3 Å². The number of carbonyl (C=O) groups is 1. The largest absolute Gasteiger partial charge is 0.496 e. The first-order chi connectivity index (χ1) is 11.5. The second kappa shape index (κ2) is 9.50. The van der Waals surface area contributed by atoms with Crippen molar-refractivity contribution < 1.29 is 14.3 Å². The highest BCUT2D eigenvalue weighted by Gasteiger charge is 2.12. The molecule has 0 spiro atoms. The van der Waals surface area contributed by atoms with Crippen molar-refractivity contribution >= 4 is 12.2 Å². The van der Waals surface area contributed by atoms with E-state index in [1.54, 1.807) is 14.0 Å². The van der Waals surface area contributed by atoms with Gasteiger partial charge in [-0.1, -0.05) is 25.1 Å². The van der Waals surface area contributed by atoms with E-state index in [1.165, 1.54) is 13.3 Å². The van der Waals surface area contributed by atoms with E-state index in [4.69, 9.17) is 14.9 Å². The molecule has 0 radical (unpaired) electrons. The summed E-state index contributed by atoms with van der Waals surface area (Å²) in [5.41, 5.74) is 4.75. The Morgan fingerprint density at radius 1 is 1.12 bits per heavy atom. The molecule has 24 heavy (non-hydrogen) atoms. The van der Waals surface area contributed by atoms with Gasteiger partial charge in [-0.05, 0) is 66.9 Å². The molecule has 0 aliphatic heterocycles. The van der Waals surface area contributed by atoms with E-state index in [2.05, 4.69) is 6.07 Å². The smallest absolute Gasteiger partial charge is 0.338 e. The highest BCUT2D eigenvalue weighted by molar-refractivity contribution is 5.92. The molecule has 1 N–H and O–H groups in total. The lowest BCUT2D eigenvalue weighted by molar-refractivity contribution is 0.0599. The fourth-order valence-corrected chi connectivity index (χ4v) is 2.42.